The number of primary amides is 1. The first-order valence-corrected chi connectivity index (χ1v) is 13.5. The lowest BCUT2D eigenvalue weighted by atomic mass is 9.61. The zero-order valence-electron chi connectivity index (χ0n) is 21.6. The van der Waals surface area contributed by atoms with E-state index in [-0.39, 0.29) is 26.6 Å². The number of nitriles is 1. The standard InChI is InChI=1S/C28H29Cl2F2N3O5/c1-2-27(13-39-14-27)10-21-28(12-33,18-7-6-15(29)8-20(18)31)23(17-4-3-5-19(30)24(17)32)25(35-21)26(38)40-11-16(36)9-22(34)37/h3-8,16,21,23,25,35-36H,2,9-11,13-14H2,1H3,(H2,34,37)/t16-,21-,23-,25+,28-/m0/s1. The van der Waals surface area contributed by atoms with Gasteiger partial charge in [-0.1, -0.05) is 48.3 Å². The summed E-state index contributed by atoms with van der Waals surface area (Å²) in [5.74, 6) is -4.70. The van der Waals surface area contributed by atoms with Crippen molar-refractivity contribution in [2.24, 2.45) is 11.1 Å². The number of carbonyl (C=O) groups excluding carboxylic acids is 2. The first-order valence-electron chi connectivity index (χ1n) is 12.8. The van der Waals surface area contributed by atoms with Gasteiger partial charge >= 0.3 is 5.97 Å². The zero-order valence-corrected chi connectivity index (χ0v) is 23.1. The van der Waals surface area contributed by atoms with Gasteiger partial charge in [-0.2, -0.15) is 5.26 Å². The second kappa shape index (κ2) is 12.0. The van der Waals surface area contributed by atoms with Gasteiger partial charge in [0.15, 0.2) is 0 Å². The number of esters is 1. The molecule has 5 atom stereocenters. The van der Waals surface area contributed by atoms with Crippen LogP contribution >= 0.6 is 23.2 Å². The number of rotatable bonds is 10. The summed E-state index contributed by atoms with van der Waals surface area (Å²) in [6.45, 7) is 2.19. The van der Waals surface area contributed by atoms with Crippen molar-refractivity contribution >= 4 is 35.1 Å². The van der Waals surface area contributed by atoms with Crippen LogP contribution in [0.4, 0.5) is 8.78 Å². The Morgan fingerprint density at radius 1 is 1.30 bits per heavy atom. The molecule has 12 heteroatoms. The molecule has 0 aliphatic carbocycles. The van der Waals surface area contributed by atoms with Gasteiger partial charge in [0.05, 0.1) is 36.8 Å². The lowest BCUT2D eigenvalue weighted by molar-refractivity contribution is -0.150. The molecule has 2 fully saturated rings. The molecule has 2 saturated heterocycles. The number of ether oxygens (including phenoxy) is 2. The number of carbonyl (C=O) groups is 2. The quantitative estimate of drug-likeness (QED) is 0.356. The monoisotopic (exact) mass is 595 g/mol. The van der Waals surface area contributed by atoms with Crippen molar-refractivity contribution < 1.29 is 33.0 Å². The number of aliphatic hydroxyl groups is 1. The van der Waals surface area contributed by atoms with Crippen LogP contribution in [-0.4, -0.2) is 55.0 Å². The van der Waals surface area contributed by atoms with Gasteiger partial charge < -0.3 is 20.3 Å². The van der Waals surface area contributed by atoms with Crippen molar-refractivity contribution in [1.29, 1.82) is 5.26 Å². The smallest absolute Gasteiger partial charge is 0.323 e. The van der Waals surface area contributed by atoms with Crippen LogP contribution in [0.1, 0.15) is 43.2 Å². The number of nitrogens with one attached hydrogen (secondary N) is 1. The lowest BCUT2D eigenvalue weighted by Gasteiger charge is -2.45. The zero-order chi connectivity index (χ0) is 29.2. The summed E-state index contributed by atoms with van der Waals surface area (Å²) in [7, 11) is 0. The summed E-state index contributed by atoms with van der Waals surface area (Å²) < 4.78 is 42.1. The Morgan fingerprint density at radius 2 is 2.02 bits per heavy atom. The third-order valence-electron chi connectivity index (χ3n) is 7.94. The van der Waals surface area contributed by atoms with Crippen LogP contribution in [0, 0.1) is 28.4 Å². The number of hydrogen-bond donors (Lipinski definition) is 3. The molecule has 0 unspecified atom stereocenters. The van der Waals surface area contributed by atoms with Crippen LogP contribution in [0.2, 0.25) is 10.0 Å². The third kappa shape index (κ3) is 5.54. The van der Waals surface area contributed by atoms with Crippen molar-refractivity contribution in [2.75, 3.05) is 19.8 Å². The summed E-state index contributed by atoms with van der Waals surface area (Å²) in [6.07, 6.45) is -0.839. The van der Waals surface area contributed by atoms with Gasteiger partial charge in [0.25, 0.3) is 0 Å². The van der Waals surface area contributed by atoms with E-state index in [0.29, 0.717) is 26.1 Å². The Morgan fingerprint density at radius 3 is 2.60 bits per heavy atom. The van der Waals surface area contributed by atoms with Crippen LogP contribution in [0.3, 0.4) is 0 Å². The van der Waals surface area contributed by atoms with Crippen LogP contribution in [-0.2, 0) is 24.5 Å². The van der Waals surface area contributed by atoms with Gasteiger partial charge in [0.2, 0.25) is 5.91 Å². The molecule has 0 saturated carbocycles. The van der Waals surface area contributed by atoms with E-state index in [2.05, 4.69) is 11.4 Å². The molecule has 2 heterocycles. The predicted molar refractivity (Wildman–Crippen MR) is 143 cm³/mol. The Balaban J connectivity index is 1.88. The molecule has 2 aromatic rings. The van der Waals surface area contributed by atoms with E-state index < -0.39 is 66.1 Å². The van der Waals surface area contributed by atoms with Gasteiger partial charge in [-0.25, -0.2) is 8.78 Å². The van der Waals surface area contributed by atoms with Crippen LogP contribution in [0.15, 0.2) is 36.4 Å². The van der Waals surface area contributed by atoms with Crippen molar-refractivity contribution in [2.45, 2.75) is 55.7 Å². The van der Waals surface area contributed by atoms with Gasteiger partial charge in [0.1, 0.15) is 29.7 Å². The molecule has 4 N–H and O–H groups in total. The largest absolute Gasteiger partial charge is 0.462 e. The molecule has 0 aromatic heterocycles. The summed E-state index contributed by atoms with van der Waals surface area (Å²) in [6, 6.07) is 8.07. The van der Waals surface area contributed by atoms with E-state index in [1.165, 1.54) is 30.3 Å². The maximum absolute atomic E-state index is 15.7. The number of amides is 1. The molecule has 0 radical (unpaired) electrons. The number of nitrogens with two attached hydrogens (primary N) is 1. The van der Waals surface area contributed by atoms with E-state index >= 15 is 8.78 Å². The molecule has 4 rings (SSSR count). The van der Waals surface area contributed by atoms with E-state index in [0.717, 1.165) is 6.07 Å². The molecular weight excluding hydrogens is 567 g/mol. The molecule has 0 spiro atoms. The van der Waals surface area contributed by atoms with Crippen molar-refractivity contribution in [3.8, 4) is 6.07 Å². The van der Waals surface area contributed by atoms with E-state index in [9.17, 15) is 20.0 Å². The lowest BCUT2D eigenvalue weighted by Crippen LogP contribution is -2.51. The molecule has 1 amide bonds. The maximum atomic E-state index is 15.7. The molecule has 2 aliphatic rings. The Labute approximate surface area is 240 Å². The molecule has 214 valence electrons. The minimum Gasteiger partial charge on any atom is -0.462 e. The highest BCUT2D eigenvalue weighted by Gasteiger charge is 2.62. The first-order chi connectivity index (χ1) is 19.0. The molecule has 40 heavy (non-hydrogen) atoms. The van der Waals surface area contributed by atoms with E-state index in [1.807, 2.05) is 6.92 Å². The number of halogens is 4. The van der Waals surface area contributed by atoms with Gasteiger partial charge in [-0.05, 0) is 36.6 Å². The fraction of sp³-hybridized carbons (Fsp3) is 0.464. The highest BCUT2D eigenvalue weighted by molar-refractivity contribution is 6.31. The predicted octanol–water partition coefficient (Wildman–Crippen LogP) is 3.75. The first kappa shape index (κ1) is 30.2. The highest BCUT2D eigenvalue weighted by Crippen LogP contribution is 2.54. The summed E-state index contributed by atoms with van der Waals surface area (Å²) >= 11 is 12.2. The minimum atomic E-state index is -1.83. The average molecular weight is 596 g/mol. The maximum Gasteiger partial charge on any atom is 0.323 e. The Bertz CT molecular complexity index is 1330. The molecule has 0 bridgehead atoms. The topological polar surface area (TPSA) is 135 Å². The van der Waals surface area contributed by atoms with Crippen molar-refractivity contribution in [3.05, 3.63) is 69.2 Å². The highest BCUT2D eigenvalue weighted by atomic mass is 35.5. The molecular formula is C28H29Cl2F2N3O5. The Kier molecular flexibility index (Phi) is 9.02. The van der Waals surface area contributed by atoms with E-state index in [4.69, 9.17) is 38.4 Å². The SMILES string of the molecule is CCC1(C[C@@H]2N[C@@H](C(=O)OC[C@@H](O)CC(N)=O)[C@H](c3cccc(Cl)c3F)[C@@]2(C#N)c2ccc(Cl)cc2F)COC1. The van der Waals surface area contributed by atoms with Crippen molar-refractivity contribution in [1.82, 2.24) is 5.32 Å². The van der Waals surface area contributed by atoms with Gasteiger partial charge in [-0.15, -0.1) is 0 Å². The van der Waals surface area contributed by atoms with Crippen molar-refractivity contribution in [3.63, 3.8) is 0 Å². The normalized spacial score (nSPS) is 26.0. The van der Waals surface area contributed by atoms with Gasteiger partial charge in [0, 0.05) is 28.0 Å². The molecule has 2 aromatic carbocycles. The number of hydrogen-bond acceptors (Lipinski definition) is 7. The summed E-state index contributed by atoms with van der Waals surface area (Å²) in [4.78, 5) is 24.7. The average Bonchev–Trinajstić information content (AvgIpc) is 3.20. The molecule has 2 aliphatic heterocycles. The fourth-order valence-electron chi connectivity index (χ4n) is 5.77. The number of benzene rings is 2. The second-order valence-corrected chi connectivity index (χ2v) is 11.3. The van der Waals surface area contributed by atoms with Crippen LogP contribution in [0.25, 0.3) is 0 Å². The fourth-order valence-corrected chi connectivity index (χ4v) is 6.11. The summed E-state index contributed by atoms with van der Waals surface area (Å²) in [5.41, 5.74) is 2.75. The van der Waals surface area contributed by atoms with Crippen LogP contribution < -0.4 is 11.1 Å². The minimum absolute atomic E-state index is 0.0724. The number of aliphatic hydroxyl groups excluding tert-OH is 1. The van der Waals surface area contributed by atoms with Gasteiger partial charge in [-0.3, -0.25) is 14.9 Å². The number of nitrogens with zero attached hydrogens (tertiary/aromatic N) is 1. The second-order valence-electron chi connectivity index (χ2n) is 10.4. The van der Waals surface area contributed by atoms with E-state index in [1.54, 1.807) is 0 Å². The van der Waals surface area contributed by atoms with Crippen LogP contribution in [0.5, 0.6) is 0 Å². The molecule has 8 nitrogen and oxygen atoms in total. The summed E-state index contributed by atoms with van der Waals surface area (Å²) in [5, 5.41) is 23.9. The Hall–Kier alpha value is -2.81. The third-order valence-corrected chi connectivity index (χ3v) is 8.47.